The highest BCUT2D eigenvalue weighted by Gasteiger charge is 2.33. The molecule has 0 amide bonds. The van der Waals surface area contributed by atoms with Gasteiger partial charge in [0.05, 0.1) is 0 Å². The second-order valence-corrected chi connectivity index (χ2v) is 4.44. The van der Waals surface area contributed by atoms with Crippen molar-refractivity contribution < 1.29 is 8.78 Å². The molecule has 3 heteroatoms. The van der Waals surface area contributed by atoms with E-state index in [9.17, 15) is 8.78 Å². The van der Waals surface area contributed by atoms with Gasteiger partial charge in [0, 0.05) is 11.6 Å². The molecular formula is C13H17F2N. The molecule has 0 spiro atoms. The van der Waals surface area contributed by atoms with Gasteiger partial charge in [0.1, 0.15) is 11.6 Å². The Hall–Kier alpha value is -0.960. The first-order valence-electron chi connectivity index (χ1n) is 5.90. The van der Waals surface area contributed by atoms with Crippen LogP contribution in [-0.4, -0.2) is 6.54 Å². The van der Waals surface area contributed by atoms with Crippen molar-refractivity contribution in [1.82, 2.24) is 5.32 Å². The average Bonchev–Trinajstić information content (AvgIpc) is 3.08. The second kappa shape index (κ2) is 4.91. The van der Waals surface area contributed by atoms with E-state index in [1.165, 1.54) is 18.2 Å². The molecule has 0 bridgehead atoms. The molecule has 1 unspecified atom stereocenters. The average molecular weight is 225 g/mol. The van der Waals surface area contributed by atoms with Gasteiger partial charge in [-0.25, -0.2) is 8.78 Å². The zero-order valence-electron chi connectivity index (χ0n) is 9.47. The Morgan fingerprint density at radius 1 is 1.38 bits per heavy atom. The highest BCUT2D eigenvalue weighted by molar-refractivity contribution is 5.24. The zero-order valence-corrected chi connectivity index (χ0v) is 9.47. The SMILES string of the molecule is CCCNC(c1cc(F)ccc1F)C1CC1. The molecule has 0 aromatic heterocycles. The van der Waals surface area contributed by atoms with Gasteiger partial charge < -0.3 is 5.32 Å². The molecule has 1 aliphatic carbocycles. The minimum absolute atomic E-state index is 0.0179. The van der Waals surface area contributed by atoms with Gasteiger partial charge in [-0.05, 0) is 49.9 Å². The molecule has 0 radical (unpaired) electrons. The standard InChI is InChI=1S/C13H17F2N/c1-2-7-16-13(9-3-4-9)11-8-10(14)5-6-12(11)15/h5-6,8-9,13,16H,2-4,7H2,1H3. The summed E-state index contributed by atoms with van der Waals surface area (Å²) in [7, 11) is 0. The smallest absolute Gasteiger partial charge is 0.128 e. The maximum Gasteiger partial charge on any atom is 0.128 e. The first-order valence-corrected chi connectivity index (χ1v) is 5.90. The predicted molar refractivity (Wildman–Crippen MR) is 60.1 cm³/mol. The molecule has 1 fully saturated rings. The summed E-state index contributed by atoms with van der Waals surface area (Å²) in [5, 5.41) is 3.31. The number of benzene rings is 1. The fraction of sp³-hybridized carbons (Fsp3) is 0.538. The molecular weight excluding hydrogens is 208 g/mol. The van der Waals surface area contributed by atoms with Crippen molar-refractivity contribution in [1.29, 1.82) is 0 Å². The fourth-order valence-electron chi connectivity index (χ4n) is 2.01. The summed E-state index contributed by atoms with van der Waals surface area (Å²) < 4.78 is 26.7. The lowest BCUT2D eigenvalue weighted by Gasteiger charge is -2.19. The molecule has 2 rings (SSSR count). The van der Waals surface area contributed by atoms with Crippen LogP contribution < -0.4 is 5.32 Å². The van der Waals surface area contributed by atoms with Crippen LogP contribution in [0.25, 0.3) is 0 Å². The molecule has 0 saturated heterocycles. The Bertz CT molecular complexity index is 361. The Morgan fingerprint density at radius 3 is 2.75 bits per heavy atom. The van der Waals surface area contributed by atoms with E-state index in [0.717, 1.165) is 25.8 Å². The van der Waals surface area contributed by atoms with Gasteiger partial charge in [0.25, 0.3) is 0 Å². The van der Waals surface area contributed by atoms with Crippen LogP contribution in [0.2, 0.25) is 0 Å². The van der Waals surface area contributed by atoms with Crippen molar-refractivity contribution in [2.24, 2.45) is 5.92 Å². The molecule has 16 heavy (non-hydrogen) atoms. The van der Waals surface area contributed by atoms with E-state index >= 15 is 0 Å². The van der Waals surface area contributed by atoms with Crippen LogP contribution in [0.3, 0.4) is 0 Å². The third-order valence-corrected chi connectivity index (χ3v) is 3.00. The van der Waals surface area contributed by atoms with Crippen LogP contribution in [-0.2, 0) is 0 Å². The van der Waals surface area contributed by atoms with Crippen molar-refractivity contribution in [2.75, 3.05) is 6.54 Å². The maximum absolute atomic E-state index is 13.6. The van der Waals surface area contributed by atoms with Gasteiger partial charge in [-0.15, -0.1) is 0 Å². The summed E-state index contributed by atoms with van der Waals surface area (Å²) in [6.45, 7) is 2.91. The summed E-state index contributed by atoms with van der Waals surface area (Å²) in [5.74, 6) is -0.190. The molecule has 1 atom stereocenters. The highest BCUT2D eigenvalue weighted by Crippen LogP contribution is 2.41. The molecule has 1 aliphatic rings. The molecule has 1 aromatic rings. The molecule has 1 aromatic carbocycles. The summed E-state index contributed by atoms with van der Waals surface area (Å²) in [4.78, 5) is 0. The summed E-state index contributed by atoms with van der Waals surface area (Å²) in [5.41, 5.74) is 0.482. The normalized spacial score (nSPS) is 17.4. The first-order chi connectivity index (χ1) is 7.72. The van der Waals surface area contributed by atoms with Crippen LogP contribution in [0.15, 0.2) is 18.2 Å². The van der Waals surface area contributed by atoms with Gasteiger partial charge in [0.15, 0.2) is 0 Å². The Morgan fingerprint density at radius 2 is 2.12 bits per heavy atom. The first kappa shape index (κ1) is 11.5. The lowest BCUT2D eigenvalue weighted by atomic mass is 10.0. The molecule has 1 nitrogen and oxygen atoms in total. The van der Waals surface area contributed by atoms with Crippen molar-refractivity contribution in [3.63, 3.8) is 0 Å². The molecule has 0 aliphatic heterocycles. The summed E-state index contributed by atoms with van der Waals surface area (Å²) >= 11 is 0. The molecule has 1 saturated carbocycles. The zero-order chi connectivity index (χ0) is 11.5. The quantitative estimate of drug-likeness (QED) is 0.809. The summed E-state index contributed by atoms with van der Waals surface area (Å²) in [6.07, 6.45) is 3.22. The fourth-order valence-corrected chi connectivity index (χ4v) is 2.01. The van der Waals surface area contributed by atoms with Crippen LogP contribution in [0.1, 0.15) is 37.8 Å². The van der Waals surface area contributed by atoms with Crippen molar-refractivity contribution in [2.45, 2.75) is 32.2 Å². The molecule has 1 N–H and O–H groups in total. The van der Waals surface area contributed by atoms with Crippen LogP contribution in [0.5, 0.6) is 0 Å². The topological polar surface area (TPSA) is 12.0 Å². The van der Waals surface area contributed by atoms with E-state index in [0.29, 0.717) is 11.5 Å². The van der Waals surface area contributed by atoms with Gasteiger partial charge in [0.2, 0.25) is 0 Å². The minimum Gasteiger partial charge on any atom is -0.310 e. The van der Waals surface area contributed by atoms with Crippen LogP contribution in [0, 0.1) is 17.6 Å². The van der Waals surface area contributed by atoms with Gasteiger partial charge in [-0.3, -0.25) is 0 Å². The van der Waals surface area contributed by atoms with Crippen LogP contribution in [0.4, 0.5) is 8.78 Å². The lowest BCUT2D eigenvalue weighted by Crippen LogP contribution is -2.24. The van der Waals surface area contributed by atoms with Crippen molar-refractivity contribution in [3.8, 4) is 0 Å². The maximum atomic E-state index is 13.6. The van der Waals surface area contributed by atoms with E-state index in [1.54, 1.807) is 0 Å². The minimum atomic E-state index is -0.361. The Labute approximate surface area is 94.9 Å². The van der Waals surface area contributed by atoms with Crippen molar-refractivity contribution in [3.05, 3.63) is 35.4 Å². The lowest BCUT2D eigenvalue weighted by molar-refractivity contribution is 0.453. The van der Waals surface area contributed by atoms with Crippen LogP contribution >= 0.6 is 0 Å². The van der Waals surface area contributed by atoms with Gasteiger partial charge in [-0.2, -0.15) is 0 Å². The van der Waals surface area contributed by atoms with E-state index in [-0.39, 0.29) is 17.7 Å². The van der Waals surface area contributed by atoms with Gasteiger partial charge in [-0.1, -0.05) is 6.92 Å². The number of hydrogen-bond donors (Lipinski definition) is 1. The summed E-state index contributed by atoms with van der Waals surface area (Å²) in [6, 6.07) is 3.69. The van der Waals surface area contributed by atoms with E-state index in [4.69, 9.17) is 0 Å². The monoisotopic (exact) mass is 225 g/mol. The van der Waals surface area contributed by atoms with E-state index < -0.39 is 0 Å². The molecule has 88 valence electrons. The van der Waals surface area contributed by atoms with Crippen molar-refractivity contribution >= 4 is 0 Å². The van der Waals surface area contributed by atoms with Gasteiger partial charge >= 0.3 is 0 Å². The second-order valence-electron chi connectivity index (χ2n) is 4.44. The number of rotatable bonds is 5. The third kappa shape index (κ3) is 2.59. The van der Waals surface area contributed by atoms with E-state index in [1.807, 2.05) is 0 Å². The highest BCUT2D eigenvalue weighted by atomic mass is 19.1. The predicted octanol–water partition coefficient (Wildman–Crippen LogP) is 3.42. The Balaban J connectivity index is 2.19. The number of halogens is 2. The number of hydrogen-bond acceptors (Lipinski definition) is 1. The largest absolute Gasteiger partial charge is 0.310 e. The third-order valence-electron chi connectivity index (χ3n) is 3.00. The van der Waals surface area contributed by atoms with E-state index in [2.05, 4.69) is 12.2 Å². The Kier molecular flexibility index (Phi) is 3.54. The number of nitrogens with one attached hydrogen (secondary N) is 1. The molecule has 0 heterocycles.